The summed E-state index contributed by atoms with van der Waals surface area (Å²) in [5, 5.41) is 48.1. The normalized spacial score (nSPS) is 27.8. The van der Waals surface area contributed by atoms with Gasteiger partial charge in [-0.05, 0) is 49.7 Å². The molecule has 2 aromatic carbocycles. The molecule has 2 fully saturated rings. The van der Waals surface area contributed by atoms with Crippen LogP contribution in [0.3, 0.4) is 0 Å². The van der Waals surface area contributed by atoms with E-state index in [-0.39, 0.29) is 29.8 Å². The second-order valence-electron chi connectivity index (χ2n) is 13.9. The predicted molar refractivity (Wildman–Crippen MR) is 199 cm³/mol. The quantitative estimate of drug-likeness (QED) is 0.0579. The van der Waals surface area contributed by atoms with Gasteiger partial charge >= 0.3 is 0 Å². The molecule has 0 bridgehead atoms. The third-order valence-corrected chi connectivity index (χ3v) is 11.1. The Bertz CT molecular complexity index is 1590. The summed E-state index contributed by atoms with van der Waals surface area (Å²) in [6, 6.07) is 7.54. The number of aryl methyl sites for hydroxylation is 1. The van der Waals surface area contributed by atoms with Crippen molar-refractivity contribution in [3.63, 3.8) is 0 Å². The number of benzene rings is 2. The molecule has 4 rings (SSSR count). The number of aliphatic imine (C=N–C) groups is 1. The molecule has 2 aliphatic rings. The van der Waals surface area contributed by atoms with E-state index in [1.54, 1.807) is 19.1 Å². The van der Waals surface area contributed by atoms with Gasteiger partial charge in [0.15, 0.2) is 12.2 Å². The zero-order valence-electron chi connectivity index (χ0n) is 30.8. The lowest BCUT2D eigenvalue weighted by atomic mass is 9.94. The highest BCUT2D eigenvalue weighted by molar-refractivity contribution is 7.89. The molecule has 1 amide bonds. The molecule has 2 heterocycles. The van der Waals surface area contributed by atoms with Gasteiger partial charge in [0.05, 0.1) is 30.8 Å². The maximum absolute atomic E-state index is 13.5. The minimum Gasteiger partial charge on any atom is -0.394 e. The van der Waals surface area contributed by atoms with E-state index < -0.39 is 84.0 Å². The van der Waals surface area contributed by atoms with Crippen LogP contribution in [-0.4, -0.2) is 115 Å². The van der Waals surface area contributed by atoms with Gasteiger partial charge in [0.2, 0.25) is 15.9 Å². The molecule has 0 aromatic heterocycles. The number of ether oxygens (including phenoxy) is 3. The second kappa shape index (κ2) is 21.2. The van der Waals surface area contributed by atoms with E-state index in [0.29, 0.717) is 12.1 Å². The van der Waals surface area contributed by atoms with Crippen LogP contribution in [0.2, 0.25) is 0 Å². The lowest BCUT2D eigenvalue weighted by Gasteiger charge is -2.47. The fourth-order valence-corrected chi connectivity index (χ4v) is 7.75. The molecule has 15 nitrogen and oxygen atoms in total. The summed E-state index contributed by atoms with van der Waals surface area (Å²) < 4.78 is 61.2. The molecule has 17 heteroatoms. The summed E-state index contributed by atoms with van der Waals surface area (Å²) in [5.41, 5.74) is 7.48. The Kier molecular flexibility index (Phi) is 17.0. The number of carbonyl (C=O) groups is 1. The zero-order valence-corrected chi connectivity index (χ0v) is 31.7. The van der Waals surface area contributed by atoms with Crippen LogP contribution in [0, 0.1) is 12.7 Å². The molecule has 54 heavy (non-hydrogen) atoms. The Morgan fingerprint density at radius 2 is 1.56 bits per heavy atom. The molecule has 0 aliphatic carbocycles. The summed E-state index contributed by atoms with van der Waals surface area (Å²) in [5.74, 6) is -0.951. The molecule has 2 saturated heterocycles. The topological polar surface area (TPSA) is 234 Å². The summed E-state index contributed by atoms with van der Waals surface area (Å²) in [4.78, 5) is 17.8. The van der Waals surface area contributed by atoms with Gasteiger partial charge < -0.3 is 51.0 Å². The zero-order chi connectivity index (χ0) is 39.3. The SMILES string of the molecule is CCCCCCCCCCC(=O)N[C@@H]1[C@H](O[C@@H]2O[C@H](CO)[C@@H](O)[C@H](O)[C@H]2NS(=O)(=O)c2ccc(C)cc2)[C@@H](N=C(N)Nc2ccc(F)cc2)CO[C@@H]1CO. The molecule has 9 N–H and O–H groups in total. The number of anilines is 1. The van der Waals surface area contributed by atoms with Crippen LogP contribution < -0.4 is 21.1 Å². The minimum atomic E-state index is -4.33. The van der Waals surface area contributed by atoms with Crippen LogP contribution in [0.1, 0.15) is 70.3 Å². The first-order chi connectivity index (χ1) is 25.9. The van der Waals surface area contributed by atoms with Gasteiger partial charge in [-0.1, -0.05) is 69.6 Å². The van der Waals surface area contributed by atoms with Gasteiger partial charge in [-0.2, -0.15) is 0 Å². The molecule has 2 aliphatic heterocycles. The standard InChI is InChI=1S/C37H56FN5O10S/c1-3-4-5-6-7-8-9-10-11-30(46)42-31-28(20-44)51-22-27(41-37(39)40-25-16-14-24(38)15-17-25)35(31)53-36-32(34(48)33(47)29(21-45)52-36)43-54(49,50)26-18-12-23(2)13-19-26/h12-19,27-29,31-36,43-45,47-48H,3-11,20-22H2,1-2H3,(H,42,46)(H3,39,40,41)/t27-,28+,29+,31-,32+,33+,34+,35+,36-/m0/s1. The van der Waals surface area contributed by atoms with Crippen LogP contribution in [0.4, 0.5) is 10.1 Å². The highest BCUT2D eigenvalue weighted by atomic mass is 32.2. The van der Waals surface area contributed by atoms with E-state index in [1.165, 1.54) is 49.2 Å². The van der Waals surface area contributed by atoms with Crippen LogP contribution in [0.15, 0.2) is 58.4 Å². The van der Waals surface area contributed by atoms with Crippen molar-refractivity contribution >= 4 is 27.6 Å². The number of guanidine groups is 1. The average Bonchev–Trinajstić information content (AvgIpc) is 3.14. The Balaban J connectivity index is 1.62. The van der Waals surface area contributed by atoms with Crippen LogP contribution in [0.5, 0.6) is 0 Å². The minimum absolute atomic E-state index is 0.127. The number of nitrogens with zero attached hydrogens (tertiary/aromatic N) is 1. The molecule has 9 atom stereocenters. The van der Waals surface area contributed by atoms with Crippen LogP contribution >= 0.6 is 0 Å². The van der Waals surface area contributed by atoms with Gasteiger partial charge in [0.1, 0.15) is 48.4 Å². The molecular weight excluding hydrogens is 725 g/mol. The number of aliphatic hydroxyl groups excluding tert-OH is 4. The lowest BCUT2D eigenvalue weighted by molar-refractivity contribution is -0.291. The number of rotatable bonds is 19. The van der Waals surface area contributed by atoms with Gasteiger partial charge in [0.25, 0.3) is 0 Å². The molecular formula is C37H56FN5O10S. The maximum Gasteiger partial charge on any atom is 0.241 e. The van der Waals surface area contributed by atoms with Crippen LogP contribution in [0.25, 0.3) is 0 Å². The van der Waals surface area contributed by atoms with Crippen molar-refractivity contribution in [3.05, 3.63) is 59.9 Å². The predicted octanol–water partition coefficient (Wildman–Crippen LogP) is 1.81. The molecule has 2 aromatic rings. The molecule has 302 valence electrons. The summed E-state index contributed by atoms with van der Waals surface area (Å²) in [7, 11) is -4.33. The Hall–Kier alpha value is -3.26. The van der Waals surface area contributed by atoms with Crippen molar-refractivity contribution in [3.8, 4) is 0 Å². The number of hydrogen-bond acceptors (Lipinski definition) is 11. The summed E-state index contributed by atoms with van der Waals surface area (Å²) in [6.45, 7) is 2.47. The number of amides is 1. The second-order valence-corrected chi connectivity index (χ2v) is 15.6. The third kappa shape index (κ3) is 12.4. The Labute approximate surface area is 316 Å². The van der Waals surface area contributed by atoms with Gasteiger partial charge in [-0.25, -0.2) is 22.5 Å². The average molecular weight is 782 g/mol. The third-order valence-electron chi connectivity index (χ3n) is 9.60. The van der Waals surface area contributed by atoms with Gasteiger partial charge in [0, 0.05) is 12.1 Å². The van der Waals surface area contributed by atoms with E-state index >= 15 is 0 Å². The smallest absolute Gasteiger partial charge is 0.241 e. The first kappa shape index (κ1) is 43.5. The first-order valence-corrected chi connectivity index (χ1v) is 20.1. The van der Waals surface area contributed by atoms with Crippen molar-refractivity contribution in [2.75, 3.05) is 25.1 Å². The van der Waals surface area contributed by atoms with Crippen molar-refractivity contribution in [1.82, 2.24) is 10.0 Å². The summed E-state index contributed by atoms with van der Waals surface area (Å²) in [6.07, 6.45) is -0.421. The highest BCUT2D eigenvalue weighted by Gasteiger charge is 2.51. The van der Waals surface area contributed by atoms with E-state index in [1.807, 2.05) is 0 Å². The number of sulfonamides is 1. The number of hydrogen-bond donors (Lipinski definition) is 8. The largest absolute Gasteiger partial charge is 0.394 e. The van der Waals surface area contributed by atoms with E-state index in [2.05, 4.69) is 27.3 Å². The van der Waals surface area contributed by atoms with Crippen molar-refractivity contribution in [1.29, 1.82) is 0 Å². The van der Waals surface area contributed by atoms with E-state index in [4.69, 9.17) is 19.9 Å². The lowest BCUT2D eigenvalue weighted by Crippen LogP contribution is -2.68. The summed E-state index contributed by atoms with van der Waals surface area (Å²) >= 11 is 0. The van der Waals surface area contributed by atoms with Crippen molar-refractivity contribution in [2.24, 2.45) is 10.7 Å². The number of nitrogens with two attached hydrogens (primary N) is 1. The fraction of sp³-hybridized carbons (Fsp3) is 0.622. The fourth-order valence-electron chi connectivity index (χ4n) is 6.51. The maximum atomic E-state index is 13.5. The van der Waals surface area contributed by atoms with Crippen molar-refractivity contribution in [2.45, 2.75) is 131 Å². The van der Waals surface area contributed by atoms with E-state index in [0.717, 1.165) is 37.7 Å². The number of unbranched alkanes of at least 4 members (excludes halogenated alkanes) is 7. The van der Waals surface area contributed by atoms with Gasteiger partial charge in [-0.3, -0.25) is 4.79 Å². The molecule has 0 saturated carbocycles. The number of halogens is 1. The van der Waals surface area contributed by atoms with Crippen LogP contribution in [-0.2, 0) is 29.0 Å². The number of carbonyl (C=O) groups excluding carboxylic acids is 1. The molecule has 0 unspecified atom stereocenters. The van der Waals surface area contributed by atoms with Crippen molar-refractivity contribution < 1.29 is 52.2 Å². The Morgan fingerprint density at radius 1 is 0.926 bits per heavy atom. The monoisotopic (exact) mass is 781 g/mol. The van der Waals surface area contributed by atoms with Gasteiger partial charge in [-0.15, -0.1) is 0 Å². The molecule has 0 spiro atoms. The van der Waals surface area contributed by atoms with E-state index in [9.17, 15) is 38.0 Å². The Morgan fingerprint density at radius 3 is 2.19 bits per heavy atom. The number of aliphatic hydroxyl groups is 4. The highest BCUT2D eigenvalue weighted by Crippen LogP contribution is 2.30. The molecule has 0 radical (unpaired) electrons. The number of nitrogens with one attached hydrogen (secondary N) is 3. The first-order valence-electron chi connectivity index (χ1n) is 18.6.